The van der Waals surface area contributed by atoms with Gasteiger partial charge in [-0.25, -0.2) is 0 Å². The molecule has 18 heavy (non-hydrogen) atoms. The van der Waals surface area contributed by atoms with Gasteiger partial charge in [-0.15, -0.1) is 0 Å². The molecule has 3 N–H and O–H groups in total. The molecule has 1 atom stereocenters. The average molecular weight is 270 g/mol. The van der Waals surface area contributed by atoms with Crippen LogP contribution >= 0.6 is 11.6 Å². The Hall–Kier alpha value is -0.610. The third-order valence-corrected chi connectivity index (χ3v) is 4.60. The van der Waals surface area contributed by atoms with Crippen molar-refractivity contribution < 1.29 is 9.84 Å². The van der Waals surface area contributed by atoms with Crippen LogP contribution in [0.3, 0.4) is 0 Å². The molecule has 1 aromatic carbocycles. The lowest BCUT2D eigenvalue weighted by atomic mass is 9.65. The molecule has 0 spiro atoms. The maximum atomic E-state index is 11.0. The summed E-state index contributed by atoms with van der Waals surface area (Å²) < 4.78 is 5.39. The van der Waals surface area contributed by atoms with Crippen molar-refractivity contribution in [2.75, 3.05) is 19.8 Å². The van der Waals surface area contributed by atoms with Crippen LogP contribution in [0.4, 0.5) is 0 Å². The number of ether oxygens (including phenoxy) is 1. The van der Waals surface area contributed by atoms with Gasteiger partial charge in [0, 0.05) is 35.8 Å². The zero-order valence-corrected chi connectivity index (χ0v) is 11.4. The first-order valence-electron chi connectivity index (χ1n) is 6.29. The Morgan fingerprint density at radius 2 is 2.00 bits per heavy atom. The summed E-state index contributed by atoms with van der Waals surface area (Å²) in [5, 5.41) is 11.6. The van der Waals surface area contributed by atoms with E-state index in [0.717, 1.165) is 18.4 Å². The molecule has 2 rings (SSSR count). The summed E-state index contributed by atoms with van der Waals surface area (Å²) in [4.78, 5) is 0. The predicted molar refractivity (Wildman–Crippen MR) is 72.6 cm³/mol. The SMILES string of the molecule is CC(O)(c1ccccc1Cl)C1(CN)CCOCC1. The van der Waals surface area contributed by atoms with E-state index in [0.29, 0.717) is 24.8 Å². The van der Waals surface area contributed by atoms with Crippen LogP contribution in [-0.2, 0) is 10.3 Å². The van der Waals surface area contributed by atoms with Gasteiger partial charge in [-0.3, -0.25) is 0 Å². The lowest BCUT2D eigenvalue weighted by Crippen LogP contribution is -2.51. The normalized spacial score (nSPS) is 22.4. The minimum atomic E-state index is -1.04. The van der Waals surface area contributed by atoms with Crippen molar-refractivity contribution in [3.63, 3.8) is 0 Å². The fraction of sp³-hybridized carbons (Fsp3) is 0.571. The Kier molecular flexibility index (Phi) is 3.97. The molecule has 1 saturated heterocycles. The van der Waals surface area contributed by atoms with E-state index >= 15 is 0 Å². The molecule has 0 aliphatic carbocycles. The molecule has 1 aliphatic rings. The van der Waals surface area contributed by atoms with Crippen LogP contribution in [0.5, 0.6) is 0 Å². The third kappa shape index (κ3) is 2.16. The molecule has 4 heteroatoms. The van der Waals surface area contributed by atoms with Gasteiger partial charge in [0.2, 0.25) is 0 Å². The molecular weight excluding hydrogens is 250 g/mol. The van der Waals surface area contributed by atoms with Gasteiger partial charge < -0.3 is 15.6 Å². The highest BCUT2D eigenvalue weighted by molar-refractivity contribution is 6.31. The van der Waals surface area contributed by atoms with E-state index in [1.54, 1.807) is 6.07 Å². The van der Waals surface area contributed by atoms with E-state index in [4.69, 9.17) is 22.1 Å². The van der Waals surface area contributed by atoms with Crippen LogP contribution in [0.25, 0.3) is 0 Å². The third-order valence-electron chi connectivity index (χ3n) is 4.27. The number of halogens is 1. The number of aliphatic hydroxyl groups is 1. The predicted octanol–water partition coefficient (Wildman–Crippen LogP) is 2.30. The Bertz CT molecular complexity index is 414. The highest BCUT2D eigenvalue weighted by atomic mass is 35.5. The topological polar surface area (TPSA) is 55.5 Å². The molecule has 0 saturated carbocycles. The summed E-state index contributed by atoms with van der Waals surface area (Å²) in [6.45, 7) is 3.51. The second-order valence-electron chi connectivity index (χ2n) is 5.15. The van der Waals surface area contributed by atoms with Crippen molar-refractivity contribution in [2.24, 2.45) is 11.1 Å². The maximum absolute atomic E-state index is 11.0. The van der Waals surface area contributed by atoms with Gasteiger partial charge in [0.15, 0.2) is 0 Å². The standard InChI is InChI=1S/C14H20ClNO2/c1-13(17,11-4-2-3-5-12(11)15)14(10-16)6-8-18-9-7-14/h2-5,17H,6-10,16H2,1H3. The van der Waals surface area contributed by atoms with E-state index in [-0.39, 0.29) is 5.41 Å². The van der Waals surface area contributed by atoms with Gasteiger partial charge in [-0.1, -0.05) is 29.8 Å². The highest BCUT2D eigenvalue weighted by Gasteiger charge is 2.48. The Labute approximate surface area is 113 Å². The zero-order chi connectivity index (χ0) is 13.2. The molecule has 0 amide bonds. The van der Waals surface area contributed by atoms with Gasteiger partial charge in [-0.05, 0) is 25.8 Å². The summed E-state index contributed by atoms with van der Waals surface area (Å²) in [7, 11) is 0. The number of hydrogen-bond acceptors (Lipinski definition) is 3. The molecule has 0 bridgehead atoms. The summed E-state index contributed by atoms with van der Waals surface area (Å²) in [5.74, 6) is 0. The molecule has 1 aromatic rings. The number of rotatable bonds is 3. The van der Waals surface area contributed by atoms with Gasteiger partial charge in [-0.2, -0.15) is 0 Å². The first kappa shape index (κ1) is 13.8. The fourth-order valence-corrected chi connectivity index (χ4v) is 3.11. The molecule has 1 aliphatic heterocycles. The van der Waals surface area contributed by atoms with Gasteiger partial charge in [0.1, 0.15) is 0 Å². The van der Waals surface area contributed by atoms with Crippen LogP contribution in [0.1, 0.15) is 25.3 Å². The number of nitrogens with two attached hydrogens (primary N) is 1. The monoisotopic (exact) mass is 269 g/mol. The quantitative estimate of drug-likeness (QED) is 0.885. The second-order valence-corrected chi connectivity index (χ2v) is 5.56. The van der Waals surface area contributed by atoms with Gasteiger partial charge >= 0.3 is 0 Å². The van der Waals surface area contributed by atoms with Crippen molar-refractivity contribution in [3.8, 4) is 0 Å². The summed E-state index contributed by atoms with van der Waals surface area (Å²) in [6, 6.07) is 7.42. The van der Waals surface area contributed by atoms with Gasteiger partial charge in [0.25, 0.3) is 0 Å². The van der Waals surface area contributed by atoms with Crippen LogP contribution in [0.15, 0.2) is 24.3 Å². The summed E-state index contributed by atoms with van der Waals surface area (Å²) >= 11 is 6.21. The lowest BCUT2D eigenvalue weighted by molar-refractivity contribution is -0.123. The zero-order valence-electron chi connectivity index (χ0n) is 10.7. The van der Waals surface area contributed by atoms with Crippen molar-refractivity contribution in [1.82, 2.24) is 0 Å². The van der Waals surface area contributed by atoms with Gasteiger partial charge in [0.05, 0.1) is 5.60 Å². The fourth-order valence-electron chi connectivity index (χ4n) is 2.79. The smallest absolute Gasteiger partial charge is 0.0952 e. The molecule has 100 valence electrons. The largest absolute Gasteiger partial charge is 0.385 e. The first-order valence-corrected chi connectivity index (χ1v) is 6.66. The van der Waals surface area contributed by atoms with E-state index in [1.165, 1.54) is 0 Å². The highest BCUT2D eigenvalue weighted by Crippen LogP contribution is 2.47. The average Bonchev–Trinajstić information content (AvgIpc) is 2.39. The van der Waals surface area contributed by atoms with E-state index in [9.17, 15) is 5.11 Å². The molecule has 3 nitrogen and oxygen atoms in total. The second kappa shape index (κ2) is 5.17. The molecule has 1 unspecified atom stereocenters. The Balaban J connectivity index is 2.42. The van der Waals surface area contributed by atoms with Crippen molar-refractivity contribution in [3.05, 3.63) is 34.9 Å². The lowest BCUT2D eigenvalue weighted by Gasteiger charge is -2.47. The summed E-state index contributed by atoms with van der Waals surface area (Å²) in [6.07, 6.45) is 1.50. The van der Waals surface area contributed by atoms with Crippen molar-refractivity contribution >= 4 is 11.6 Å². The minimum Gasteiger partial charge on any atom is -0.385 e. The number of benzene rings is 1. The molecule has 1 fully saturated rings. The molecule has 0 radical (unpaired) electrons. The van der Waals surface area contributed by atoms with E-state index in [1.807, 2.05) is 25.1 Å². The van der Waals surface area contributed by atoms with Crippen molar-refractivity contribution in [1.29, 1.82) is 0 Å². The Morgan fingerprint density at radius 3 is 2.56 bits per heavy atom. The van der Waals surface area contributed by atoms with Crippen LogP contribution < -0.4 is 5.73 Å². The van der Waals surface area contributed by atoms with E-state index in [2.05, 4.69) is 0 Å². The van der Waals surface area contributed by atoms with Crippen LogP contribution in [0.2, 0.25) is 5.02 Å². The first-order chi connectivity index (χ1) is 8.53. The minimum absolute atomic E-state index is 0.365. The summed E-state index contributed by atoms with van der Waals surface area (Å²) in [5.41, 5.74) is 5.30. The van der Waals surface area contributed by atoms with Crippen LogP contribution in [-0.4, -0.2) is 24.9 Å². The number of hydrogen-bond donors (Lipinski definition) is 2. The van der Waals surface area contributed by atoms with Crippen molar-refractivity contribution in [2.45, 2.75) is 25.4 Å². The Morgan fingerprint density at radius 1 is 1.39 bits per heavy atom. The maximum Gasteiger partial charge on any atom is 0.0952 e. The van der Waals surface area contributed by atoms with Crippen LogP contribution in [0, 0.1) is 5.41 Å². The molecule has 1 heterocycles. The van der Waals surface area contributed by atoms with E-state index < -0.39 is 5.60 Å². The molecular formula is C14H20ClNO2. The molecule has 0 aromatic heterocycles.